The standard InChI is InChI=1S/C19H19N3O2S/c1-3-12-22(14-15-8-5-4-6-9-15)18(25)21-16-10-7-11-17(13-16)24-19(23)20-2/h1,4-11,13H,12,14H2,2H3,(H,20,23)(H,21,25). The van der Waals surface area contributed by atoms with Crippen molar-refractivity contribution in [3.63, 3.8) is 0 Å². The van der Waals surface area contributed by atoms with E-state index in [4.69, 9.17) is 23.4 Å². The zero-order valence-electron chi connectivity index (χ0n) is 13.9. The number of amides is 1. The van der Waals surface area contributed by atoms with Crippen molar-refractivity contribution < 1.29 is 9.53 Å². The van der Waals surface area contributed by atoms with Crippen LogP contribution in [0.3, 0.4) is 0 Å². The maximum Gasteiger partial charge on any atom is 0.412 e. The van der Waals surface area contributed by atoms with E-state index in [0.717, 1.165) is 5.56 Å². The Morgan fingerprint density at radius 3 is 2.68 bits per heavy atom. The number of benzene rings is 2. The van der Waals surface area contributed by atoms with Crippen molar-refractivity contribution in [2.45, 2.75) is 6.54 Å². The van der Waals surface area contributed by atoms with Crippen molar-refractivity contribution in [2.75, 3.05) is 18.9 Å². The van der Waals surface area contributed by atoms with E-state index in [0.29, 0.717) is 29.6 Å². The lowest BCUT2D eigenvalue weighted by Gasteiger charge is -2.24. The quantitative estimate of drug-likeness (QED) is 0.638. The molecule has 1 amide bonds. The summed E-state index contributed by atoms with van der Waals surface area (Å²) in [5, 5.41) is 6.03. The Hall–Kier alpha value is -3.04. The second kappa shape index (κ2) is 9.30. The fraction of sp³-hybridized carbons (Fsp3) is 0.158. The number of carbonyl (C=O) groups is 1. The van der Waals surface area contributed by atoms with E-state index in [1.807, 2.05) is 41.3 Å². The highest BCUT2D eigenvalue weighted by Crippen LogP contribution is 2.18. The molecule has 0 heterocycles. The van der Waals surface area contributed by atoms with Crippen LogP contribution in [0, 0.1) is 12.3 Å². The van der Waals surface area contributed by atoms with Crippen molar-refractivity contribution in [1.29, 1.82) is 0 Å². The van der Waals surface area contributed by atoms with Crippen LogP contribution in [0.2, 0.25) is 0 Å². The predicted molar refractivity (Wildman–Crippen MR) is 103 cm³/mol. The lowest BCUT2D eigenvalue weighted by molar-refractivity contribution is 0.203. The Kier molecular flexibility index (Phi) is 6.81. The first kappa shape index (κ1) is 18.3. The number of nitrogens with zero attached hydrogens (tertiary/aromatic N) is 1. The fourth-order valence-corrected chi connectivity index (χ4v) is 2.36. The summed E-state index contributed by atoms with van der Waals surface area (Å²) in [5.74, 6) is 3.04. The van der Waals surface area contributed by atoms with Crippen LogP contribution in [0.4, 0.5) is 10.5 Å². The molecule has 128 valence electrons. The van der Waals surface area contributed by atoms with Crippen LogP contribution in [-0.2, 0) is 6.54 Å². The molecule has 2 aromatic carbocycles. The normalized spacial score (nSPS) is 9.60. The van der Waals surface area contributed by atoms with E-state index in [-0.39, 0.29) is 0 Å². The van der Waals surface area contributed by atoms with E-state index >= 15 is 0 Å². The molecule has 0 aliphatic rings. The molecule has 0 atom stereocenters. The Balaban J connectivity index is 2.06. The summed E-state index contributed by atoms with van der Waals surface area (Å²) in [7, 11) is 1.50. The van der Waals surface area contributed by atoms with Crippen LogP contribution in [0.15, 0.2) is 54.6 Å². The van der Waals surface area contributed by atoms with Crippen LogP contribution in [0.5, 0.6) is 5.75 Å². The van der Waals surface area contributed by atoms with Crippen molar-refractivity contribution in [2.24, 2.45) is 0 Å². The van der Waals surface area contributed by atoms with Gasteiger partial charge in [-0.1, -0.05) is 42.3 Å². The molecule has 0 saturated carbocycles. The topological polar surface area (TPSA) is 53.6 Å². The zero-order chi connectivity index (χ0) is 18.1. The molecular formula is C19H19N3O2S. The highest BCUT2D eigenvalue weighted by molar-refractivity contribution is 7.80. The largest absolute Gasteiger partial charge is 0.412 e. The van der Waals surface area contributed by atoms with Gasteiger partial charge in [-0.05, 0) is 29.9 Å². The molecule has 0 fully saturated rings. The molecule has 0 aromatic heterocycles. The lowest BCUT2D eigenvalue weighted by atomic mass is 10.2. The fourth-order valence-electron chi connectivity index (χ4n) is 2.11. The maximum absolute atomic E-state index is 11.3. The lowest BCUT2D eigenvalue weighted by Crippen LogP contribution is -2.34. The minimum atomic E-state index is -0.530. The number of terminal acetylenes is 1. The average molecular weight is 353 g/mol. The van der Waals surface area contributed by atoms with Gasteiger partial charge in [0.15, 0.2) is 5.11 Å². The number of ether oxygens (including phenoxy) is 1. The Labute approximate surface area is 153 Å². The number of rotatable bonds is 5. The Morgan fingerprint density at radius 2 is 2.00 bits per heavy atom. The van der Waals surface area contributed by atoms with Gasteiger partial charge >= 0.3 is 6.09 Å². The SMILES string of the molecule is C#CCN(Cc1ccccc1)C(=S)Nc1cccc(OC(=O)NC)c1. The molecule has 2 aromatic rings. The molecule has 6 heteroatoms. The average Bonchev–Trinajstić information content (AvgIpc) is 2.62. The summed E-state index contributed by atoms with van der Waals surface area (Å²) in [6, 6.07) is 16.9. The summed E-state index contributed by atoms with van der Waals surface area (Å²) in [5.41, 5.74) is 1.82. The highest BCUT2D eigenvalue weighted by atomic mass is 32.1. The molecule has 25 heavy (non-hydrogen) atoms. The number of hydrogen-bond acceptors (Lipinski definition) is 3. The minimum Gasteiger partial charge on any atom is -0.410 e. The number of nitrogens with one attached hydrogen (secondary N) is 2. The van der Waals surface area contributed by atoms with Gasteiger partial charge in [-0.15, -0.1) is 6.42 Å². The van der Waals surface area contributed by atoms with Gasteiger partial charge < -0.3 is 20.3 Å². The molecule has 0 saturated heterocycles. The number of hydrogen-bond donors (Lipinski definition) is 2. The third-order valence-electron chi connectivity index (χ3n) is 3.29. The number of thiocarbonyl (C=S) groups is 1. The van der Waals surface area contributed by atoms with Crippen LogP contribution < -0.4 is 15.4 Å². The second-order valence-corrected chi connectivity index (χ2v) is 5.53. The third-order valence-corrected chi connectivity index (χ3v) is 3.65. The van der Waals surface area contributed by atoms with Gasteiger partial charge in [-0.2, -0.15) is 0 Å². The summed E-state index contributed by atoms with van der Waals surface area (Å²) in [6.07, 6.45) is 4.94. The first-order chi connectivity index (χ1) is 12.1. The van der Waals surface area contributed by atoms with Crippen LogP contribution in [-0.4, -0.2) is 29.7 Å². The van der Waals surface area contributed by atoms with Crippen molar-refractivity contribution in [3.8, 4) is 18.1 Å². The van der Waals surface area contributed by atoms with Gasteiger partial charge in [0.25, 0.3) is 0 Å². The van der Waals surface area contributed by atoms with E-state index in [1.165, 1.54) is 7.05 Å². The Morgan fingerprint density at radius 1 is 1.24 bits per heavy atom. The molecule has 0 spiro atoms. The van der Waals surface area contributed by atoms with Crippen LogP contribution >= 0.6 is 12.2 Å². The van der Waals surface area contributed by atoms with E-state index in [1.54, 1.807) is 18.2 Å². The third kappa shape index (κ3) is 5.83. The van der Waals surface area contributed by atoms with Crippen molar-refractivity contribution in [3.05, 3.63) is 60.2 Å². The predicted octanol–water partition coefficient (Wildman–Crippen LogP) is 3.24. The molecule has 0 aliphatic heterocycles. The van der Waals surface area contributed by atoms with Crippen molar-refractivity contribution >= 4 is 29.1 Å². The van der Waals surface area contributed by atoms with Gasteiger partial charge in [0.05, 0.1) is 6.54 Å². The molecule has 0 unspecified atom stereocenters. The second-order valence-electron chi connectivity index (χ2n) is 5.14. The molecule has 2 rings (SSSR count). The van der Waals surface area contributed by atoms with Crippen LogP contribution in [0.1, 0.15) is 5.56 Å². The molecule has 5 nitrogen and oxygen atoms in total. The molecule has 0 bridgehead atoms. The zero-order valence-corrected chi connectivity index (χ0v) is 14.7. The molecular weight excluding hydrogens is 334 g/mol. The summed E-state index contributed by atoms with van der Waals surface area (Å²) >= 11 is 5.48. The van der Waals surface area contributed by atoms with Gasteiger partial charge in [-0.25, -0.2) is 4.79 Å². The first-order valence-electron chi connectivity index (χ1n) is 7.65. The van der Waals surface area contributed by atoms with Gasteiger partial charge in [0, 0.05) is 25.3 Å². The van der Waals surface area contributed by atoms with E-state index < -0.39 is 6.09 Å². The van der Waals surface area contributed by atoms with Gasteiger partial charge in [-0.3, -0.25) is 0 Å². The molecule has 0 aliphatic carbocycles. The van der Waals surface area contributed by atoms with Gasteiger partial charge in [0.1, 0.15) is 5.75 Å². The molecule has 0 radical (unpaired) electrons. The van der Waals surface area contributed by atoms with Gasteiger partial charge in [0.2, 0.25) is 0 Å². The smallest absolute Gasteiger partial charge is 0.410 e. The van der Waals surface area contributed by atoms with E-state index in [2.05, 4.69) is 16.6 Å². The summed E-state index contributed by atoms with van der Waals surface area (Å²) < 4.78 is 5.11. The maximum atomic E-state index is 11.3. The molecule has 2 N–H and O–H groups in total. The monoisotopic (exact) mass is 353 g/mol. The first-order valence-corrected chi connectivity index (χ1v) is 8.06. The summed E-state index contributed by atoms with van der Waals surface area (Å²) in [4.78, 5) is 13.2. The minimum absolute atomic E-state index is 0.384. The number of anilines is 1. The van der Waals surface area contributed by atoms with E-state index in [9.17, 15) is 4.79 Å². The number of carbonyl (C=O) groups excluding carboxylic acids is 1. The Bertz CT molecular complexity index is 772. The van der Waals surface area contributed by atoms with Crippen molar-refractivity contribution in [1.82, 2.24) is 10.2 Å². The summed E-state index contributed by atoms with van der Waals surface area (Å²) in [6.45, 7) is 0.987. The highest BCUT2D eigenvalue weighted by Gasteiger charge is 2.10. The van der Waals surface area contributed by atoms with Crippen LogP contribution in [0.25, 0.3) is 0 Å².